The fourth-order valence-corrected chi connectivity index (χ4v) is 4.31. The summed E-state index contributed by atoms with van der Waals surface area (Å²) in [6.07, 6.45) is 2.27. The molecule has 3 rings (SSSR count). The van der Waals surface area contributed by atoms with Crippen LogP contribution in [0.5, 0.6) is 17.2 Å². The van der Waals surface area contributed by atoms with Gasteiger partial charge in [0.2, 0.25) is 0 Å². The highest BCUT2D eigenvalue weighted by Crippen LogP contribution is 2.44. The van der Waals surface area contributed by atoms with Crippen LogP contribution in [-0.4, -0.2) is 28.9 Å². The molecule has 0 aliphatic carbocycles. The Balaban J connectivity index is 2.29. The number of aromatic hydroxyl groups is 3. The summed E-state index contributed by atoms with van der Waals surface area (Å²) < 4.78 is 0. The molecule has 0 bridgehead atoms. The number of rotatable bonds is 6. The predicted octanol–water partition coefficient (Wildman–Crippen LogP) is 4.93. The largest absolute Gasteiger partial charge is 0.505 e. The van der Waals surface area contributed by atoms with Gasteiger partial charge in [-0.25, -0.2) is 0 Å². The van der Waals surface area contributed by atoms with Crippen molar-refractivity contribution in [2.45, 2.75) is 34.1 Å². The van der Waals surface area contributed by atoms with E-state index >= 15 is 0 Å². The smallest absolute Gasteiger partial charge is 0.199 e. The molecule has 32 heavy (non-hydrogen) atoms. The van der Waals surface area contributed by atoms with E-state index < -0.39 is 5.75 Å². The van der Waals surface area contributed by atoms with Gasteiger partial charge in [0, 0.05) is 11.3 Å². The van der Waals surface area contributed by atoms with E-state index in [0.29, 0.717) is 28.7 Å². The van der Waals surface area contributed by atoms with Gasteiger partial charge in [0.05, 0.1) is 0 Å². The summed E-state index contributed by atoms with van der Waals surface area (Å²) in [5.74, 6) is -0.947. The van der Waals surface area contributed by atoms with Crippen molar-refractivity contribution in [1.82, 2.24) is 0 Å². The summed E-state index contributed by atoms with van der Waals surface area (Å²) in [6.45, 7) is 12.0. The first-order valence-electron chi connectivity index (χ1n) is 10.9. The van der Waals surface area contributed by atoms with Gasteiger partial charge in [-0.1, -0.05) is 63.8 Å². The molecule has 3 aromatic carbocycles. The summed E-state index contributed by atoms with van der Waals surface area (Å²) in [7, 11) is 1.74. The number of hydrogen-bond donors (Lipinski definition) is 4. The number of phenolic OH excluding ortho intramolecular Hbond substituents is 3. The fourth-order valence-electron chi connectivity index (χ4n) is 4.31. The van der Waals surface area contributed by atoms with Gasteiger partial charge in [-0.3, -0.25) is 0 Å². The fraction of sp³-hybridized carbons (Fsp3) is 0.222. The van der Waals surface area contributed by atoms with Crippen LogP contribution in [0.1, 0.15) is 43.0 Å². The number of phenols is 3. The molecule has 0 spiro atoms. The van der Waals surface area contributed by atoms with Crippen LogP contribution in [0, 0.1) is 18.3 Å². The first-order valence-corrected chi connectivity index (χ1v) is 10.9. The molecule has 0 saturated heterocycles. The van der Waals surface area contributed by atoms with E-state index in [1.165, 1.54) is 0 Å². The summed E-state index contributed by atoms with van der Waals surface area (Å²) >= 11 is 0. The second kappa shape index (κ2) is 8.95. The van der Waals surface area contributed by atoms with E-state index in [9.17, 15) is 15.3 Å². The van der Waals surface area contributed by atoms with Crippen molar-refractivity contribution in [2.24, 2.45) is 5.92 Å². The number of benzene rings is 3. The minimum atomic E-state index is -0.488. The molecule has 0 aliphatic rings. The molecular formula is C27H30BNO3. The number of nitrogens with one attached hydrogen (secondary N) is 1. The number of hydrogen-bond acceptors (Lipinski definition) is 4. The van der Waals surface area contributed by atoms with E-state index in [-0.39, 0.29) is 17.4 Å². The van der Waals surface area contributed by atoms with Gasteiger partial charge >= 0.3 is 0 Å². The van der Waals surface area contributed by atoms with E-state index in [0.717, 1.165) is 33.4 Å². The molecule has 0 unspecified atom stereocenters. The van der Waals surface area contributed by atoms with E-state index in [1.54, 1.807) is 13.9 Å². The molecule has 4 nitrogen and oxygen atoms in total. The van der Waals surface area contributed by atoms with Gasteiger partial charge in [0.1, 0.15) is 7.85 Å². The molecule has 164 valence electrons. The Morgan fingerprint density at radius 3 is 2.25 bits per heavy atom. The molecule has 0 fully saturated rings. The van der Waals surface area contributed by atoms with Crippen LogP contribution >= 0.6 is 0 Å². The Labute approximate surface area is 190 Å². The van der Waals surface area contributed by atoms with Crippen LogP contribution < -0.4 is 5.46 Å². The van der Waals surface area contributed by atoms with Gasteiger partial charge in [0.25, 0.3) is 0 Å². The maximum Gasteiger partial charge on any atom is 0.199 e. The molecule has 0 atom stereocenters. The zero-order chi connectivity index (χ0) is 23.7. The van der Waals surface area contributed by atoms with Gasteiger partial charge in [-0.05, 0) is 69.7 Å². The zero-order valence-electron chi connectivity index (χ0n) is 19.4. The van der Waals surface area contributed by atoms with E-state index in [2.05, 4.69) is 6.58 Å². The third-order valence-corrected chi connectivity index (χ3v) is 6.10. The molecule has 0 amide bonds. The Bertz CT molecular complexity index is 1230. The van der Waals surface area contributed by atoms with Crippen molar-refractivity contribution in [3.05, 3.63) is 65.2 Å². The van der Waals surface area contributed by atoms with Crippen LogP contribution in [0.4, 0.5) is 0 Å². The Morgan fingerprint density at radius 1 is 1.03 bits per heavy atom. The van der Waals surface area contributed by atoms with Crippen LogP contribution in [0.2, 0.25) is 0 Å². The molecule has 0 saturated carbocycles. The van der Waals surface area contributed by atoms with Gasteiger partial charge < -0.3 is 20.7 Å². The lowest BCUT2D eigenvalue weighted by Gasteiger charge is -2.21. The van der Waals surface area contributed by atoms with E-state index in [4.69, 9.17) is 5.41 Å². The van der Waals surface area contributed by atoms with Crippen LogP contribution in [0.15, 0.2) is 43.0 Å². The average molecular weight is 427 g/mol. The molecular weight excluding hydrogens is 397 g/mol. The Morgan fingerprint density at radius 2 is 1.69 bits per heavy atom. The van der Waals surface area contributed by atoms with Gasteiger partial charge in [-0.15, -0.1) is 0 Å². The molecule has 5 heteroatoms. The molecule has 0 aliphatic heterocycles. The van der Waals surface area contributed by atoms with Gasteiger partial charge in [0.15, 0.2) is 17.2 Å². The lowest BCUT2D eigenvalue weighted by Crippen LogP contribution is -2.12. The monoisotopic (exact) mass is 427 g/mol. The van der Waals surface area contributed by atoms with Crippen molar-refractivity contribution in [3.63, 3.8) is 0 Å². The number of aryl methyl sites for hydroxylation is 1. The quantitative estimate of drug-likeness (QED) is 0.256. The van der Waals surface area contributed by atoms with Crippen LogP contribution in [0.3, 0.4) is 0 Å². The normalized spacial score (nSPS) is 11.0. The minimum Gasteiger partial charge on any atom is -0.505 e. The third kappa shape index (κ3) is 3.79. The Hall–Kier alpha value is -3.47. The predicted molar refractivity (Wildman–Crippen MR) is 136 cm³/mol. The third-order valence-electron chi connectivity index (χ3n) is 6.10. The lowest BCUT2D eigenvalue weighted by atomic mass is 9.79. The van der Waals surface area contributed by atoms with Crippen LogP contribution in [0.25, 0.3) is 28.3 Å². The van der Waals surface area contributed by atoms with Crippen molar-refractivity contribution in [2.75, 3.05) is 0 Å². The standard InChI is InChI=1S/C27H30BNO3/c1-6-17-20(19-12-11-16(13-15(19)5)24(29)14(3)4)9-8-10-21(17)22-18(7-2)25(30)27(32)26(31)23(22)28/h6,8-14,29-32H,1,7,28H2,2-5H3. The molecule has 4 N–H and O–H groups in total. The summed E-state index contributed by atoms with van der Waals surface area (Å²) in [4.78, 5) is 0. The second-order valence-corrected chi connectivity index (χ2v) is 8.45. The molecule has 0 radical (unpaired) electrons. The average Bonchev–Trinajstić information content (AvgIpc) is 2.78. The van der Waals surface area contributed by atoms with Crippen LogP contribution in [-0.2, 0) is 6.42 Å². The van der Waals surface area contributed by atoms with Crippen molar-refractivity contribution in [1.29, 1.82) is 5.41 Å². The minimum absolute atomic E-state index is 0.151. The zero-order valence-corrected chi connectivity index (χ0v) is 19.4. The SMILES string of the molecule is Bc1c(O)c(O)c(O)c(CC)c1-c1cccc(-c2ccc(C(=N)C(C)C)cc2C)c1C=C. The topological polar surface area (TPSA) is 84.5 Å². The first-order chi connectivity index (χ1) is 15.1. The van der Waals surface area contributed by atoms with Crippen molar-refractivity contribution < 1.29 is 15.3 Å². The molecule has 3 aromatic rings. The van der Waals surface area contributed by atoms with Crippen molar-refractivity contribution >= 4 is 25.1 Å². The molecule has 0 heterocycles. The molecule has 0 aromatic heterocycles. The highest BCUT2D eigenvalue weighted by Gasteiger charge is 2.23. The maximum atomic E-state index is 10.5. The lowest BCUT2D eigenvalue weighted by molar-refractivity contribution is 0.367. The van der Waals surface area contributed by atoms with Gasteiger partial charge in [-0.2, -0.15) is 0 Å². The van der Waals surface area contributed by atoms with E-state index in [1.807, 2.05) is 64.1 Å². The summed E-state index contributed by atoms with van der Waals surface area (Å²) in [5, 5.41) is 39.4. The highest BCUT2D eigenvalue weighted by molar-refractivity contribution is 6.39. The van der Waals surface area contributed by atoms with Crippen molar-refractivity contribution in [3.8, 4) is 39.5 Å². The summed E-state index contributed by atoms with van der Waals surface area (Å²) in [6, 6.07) is 12.0. The second-order valence-electron chi connectivity index (χ2n) is 8.45. The Kier molecular flexibility index (Phi) is 6.49. The summed E-state index contributed by atoms with van der Waals surface area (Å²) in [5.41, 5.74) is 8.08. The highest BCUT2D eigenvalue weighted by atomic mass is 16.3. The maximum absolute atomic E-state index is 10.5. The first kappa shape index (κ1) is 23.2.